The van der Waals surface area contributed by atoms with Gasteiger partial charge in [0.2, 0.25) is 0 Å². The molecule has 1 spiro atoms. The van der Waals surface area contributed by atoms with Crippen LogP contribution in [0.1, 0.15) is 49.3 Å². The van der Waals surface area contributed by atoms with Gasteiger partial charge in [-0.05, 0) is 91.8 Å². The first-order valence-electron chi connectivity index (χ1n) is 12.6. The maximum atomic E-state index is 12.8. The number of piperidine rings is 3. The number of ether oxygens (including phenoxy) is 2. The zero-order valence-corrected chi connectivity index (χ0v) is 20.1. The highest BCUT2D eigenvalue weighted by atomic mass is 16.5. The van der Waals surface area contributed by atoms with E-state index >= 15 is 0 Å². The number of hydrogen-bond donors (Lipinski definition) is 1. The number of carbonyl (C=O) groups is 1. The van der Waals surface area contributed by atoms with Crippen molar-refractivity contribution in [3.05, 3.63) is 47.5 Å². The van der Waals surface area contributed by atoms with Gasteiger partial charge in [-0.15, -0.1) is 0 Å². The van der Waals surface area contributed by atoms with Crippen LogP contribution in [0.3, 0.4) is 0 Å². The second kappa shape index (κ2) is 8.19. The molecule has 180 valence electrons. The largest absolute Gasteiger partial charge is 0.497 e. The summed E-state index contributed by atoms with van der Waals surface area (Å²) in [5.41, 5.74) is 4.76. The summed E-state index contributed by atoms with van der Waals surface area (Å²) in [6.07, 6.45) is 5.84. The number of aryl methyl sites for hydroxylation is 1. The Kier molecular flexibility index (Phi) is 5.25. The van der Waals surface area contributed by atoms with Gasteiger partial charge in [0.05, 0.1) is 26.3 Å². The van der Waals surface area contributed by atoms with Gasteiger partial charge in [-0.1, -0.05) is 18.2 Å². The van der Waals surface area contributed by atoms with Gasteiger partial charge in [-0.25, -0.2) is 4.79 Å². The lowest BCUT2D eigenvalue weighted by atomic mass is 9.73. The summed E-state index contributed by atoms with van der Waals surface area (Å²) in [6.45, 7) is 3.13. The monoisotopic (exact) mass is 462 g/mol. The fraction of sp³-hybridized carbons (Fsp3) is 0.536. The molecule has 2 atom stereocenters. The molecule has 5 aliphatic rings. The van der Waals surface area contributed by atoms with Gasteiger partial charge in [-0.2, -0.15) is 0 Å². The molecule has 0 radical (unpaired) electrons. The van der Waals surface area contributed by atoms with Gasteiger partial charge in [0.25, 0.3) is 0 Å². The fourth-order valence-corrected chi connectivity index (χ4v) is 6.97. The van der Waals surface area contributed by atoms with E-state index in [1.54, 1.807) is 14.2 Å². The van der Waals surface area contributed by atoms with Crippen LogP contribution in [0.4, 0.5) is 4.79 Å². The topological polar surface area (TPSA) is 62.2 Å². The normalized spacial score (nSPS) is 28.3. The number of rotatable bonds is 5. The van der Waals surface area contributed by atoms with Gasteiger partial charge in [0.15, 0.2) is 0 Å². The second-order valence-electron chi connectivity index (χ2n) is 10.6. The highest BCUT2D eigenvalue weighted by molar-refractivity contribution is 5.73. The molecule has 1 N–H and O–H groups in total. The van der Waals surface area contributed by atoms with E-state index in [0.717, 1.165) is 80.8 Å². The van der Waals surface area contributed by atoms with E-state index in [4.69, 9.17) is 9.47 Å². The molecule has 7 rings (SSSR count). The van der Waals surface area contributed by atoms with Crippen LogP contribution >= 0.6 is 0 Å². The molecule has 3 heterocycles. The lowest BCUT2D eigenvalue weighted by Gasteiger charge is -2.52. The Labute approximate surface area is 201 Å². The predicted molar refractivity (Wildman–Crippen MR) is 131 cm³/mol. The molecule has 34 heavy (non-hydrogen) atoms. The molecule has 3 aliphatic heterocycles. The number of carboxylic acid groups (broad SMARTS) is 1. The molecular weight excluding hydrogens is 428 g/mol. The summed E-state index contributed by atoms with van der Waals surface area (Å²) >= 11 is 0. The SMILES string of the molecule is COc1ccc(-c2ccc3c(c2)CCC2(CC2)C3N(C(=O)O)[C@@H]2CN3CCC2CC3)c(OC)c1. The maximum absolute atomic E-state index is 12.8. The second-order valence-corrected chi connectivity index (χ2v) is 10.6. The van der Waals surface area contributed by atoms with Crippen LogP contribution in [0.15, 0.2) is 36.4 Å². The molecule has 4 fully saturated rings. The van der Waals surface area contributed by atoms with E-state index in [1.165, 1.54) is 11.1 Å². The minimum absolute atomic E-state index is 0.0360. The zero-order valence-electron chi connectivity index (χ0n) is 20.1. The number of hydrogen-bond acceptors (Lipinski definition) is 4. The summed E-state index contributed by atoms with van der Waals surface area (Å²) in [6, 6.07) is 12.6. The zero-order chi connectivity index (χ0) is 23.4. The van der Waals surface area contributed by atoms with Crippen molar-refractivity contribution in [1.29, 1.82) is 0 Å². The summed E-state index contributed by atoms with van der Waals surface area (Å²) in [5, 5.41) is 10.5. The third-order valence-electron chi connectivity index (χ3n) is 9.00. The maximum Gasteiger partial charge on any atom is 0.408 e. The van der Waals surface area contributed by atoms with Gasteiger partial charge < -0.3 is 19.5 Å². The third-order valence-corrected chi connectivity index (χ3v) is 9.00. The molecule has 2 aliphatic carbocycles. The van der Waals surface area contributed by atoms with E-state index in [0.29, 0.717) is 5.92 Å². The molecule has 6 heteroatoms. The number of amides is 1. The van der Waals surface area contributed by atoms with Crippen molar-refractivity contribution in [2.24, 2.45) is 11.3 Å². The summed E-state index contributed by atoms with van der Waals surface area (Å²) in [7, 11) is 3.34. The Hall–Kier alpha value is -2.73. The van der Waals surface area contributed by atoms with Crippen molar-refractivity contribution in [3.8, 4) is 22.6 Å². The van der Waals surface area contributed by atoms with Crippen molar-refractivity contribution >= 4 is 6.09 Å². The molecule has 2 bridgehead atoms. The van der Waals surface area contributed by atoms with Crippen molar-refractivity contribution < 1.29 is 19.4 Å². The number of methoxy groups -OCH3 is 2. The first-order chi connectivity index (χ1) is 16.5. The smallest absolute Gasteiger partial charge is 0.408 e. The standard InChI is InChI=1S/C28H34N2O4/c1-33-21-4-6-22(25(16-21)34-2)19-3-5-23-20(15-19)7-10-28(11-12-28)26(23)30(27(31)32)24-17-29-13-8-18(24)9-14-29/h3-6,15-16,18,24,26H,7-14,17H2,1-2H3,(H,31,32)/t24-,26?/m1/s1. The summed E-state index contributed by atoms with van der Waals surface area (Å²) in [4.78, 5) is 17.2. The Morgan fingerprint density at radius 2 is 1.85 bits per heavy atom. The third kappa shape index (κ3) is 3.46. The highest BCUT2D eigenvalue weighted by Gasteiger charge is 2.57. The van der Waals surface area contributed by atoms with Gasteiger partial charge >= 0.3 is 6.09 Å². The van der Waals surface area contributed by atoms with Gasteiger partial charge in [0, 0.05) is 18.2 Å². The summed E-state index contributed by atoms with van der Waals surface area (Å²) < 4.78 is 11.0. The summed E-state index contributed by atoms with van der Waals surface area (Å²) in [5.74, 6) is 2.04. The van der Waals surface area contributed by atoms with Crippen LogP contribution in [0, 0.1) is 11.3 Å². The molecular formula is C28H34N2O4. The molecule has 1 amide bonds. The Bertz CT molecular complexity index is 1100. The molecule has 3 saturated heterocycles. The van der Waals surface area contributed by atoms with E-state index in [9.17, 15) is 9.90 Å². The molecule has 2 aromatic carbocycles. The van der Waals surface area contributed by atoms with E-state index in [1.807, 2.05) is 23.1 Å². The fourth-order valence-electron chi connectivity index (χ4n) is 6.97. The van der Waals surface area contributed by atoms with E-state index in [2.05, 4.69) is 23.1 Å². The van der Waals surface area contributed by atoms with Crippen LogP contribution < -0.4 is 9.47 Å². The van der Waals surface area contributed by atoms with Crippen LogP contribution in [0.5, 0.6) is 11.5 Å². The molecule has 2 aromatic rings. The minimum atomic E-state index is -0.747. The average molecular weight is 463 g/mol. The van der Waals surface area contributed by atoms with Crippen LogP contribution in [0.25, 0.3) is 11.1 Å². The van der Waals surface area contributed by atoms with E-state index in [-0.39, 0.29) is 17.5 Å². The molecule has 1 unspecified atom stereocenters. The number of fused-ring (bicyclic) bond motifs is 4. The quantitative estimate of drug-likeness (QED) is 0.661. The number of nitrogens with zero attached hydrogens (tertiary/aromatic N) is 2. The van der Waals surface area contributed by atoms with Crippen molar-refractivity contribution in [1.82, 2.24) is 9.80 Å². The molecule has 1 saturated carbocycles. The lowest BCUT2D eigenvalue weighted by Crippen LogP contribution is -2.60. The van der Waals surface area contributed by atoms with Crippen LogP contribution in [-0.2, 0) is 6.42 Å². The average Bonchev–Trinajstić information content (AvgIpc) is 3.65. The Balaban J connectivity index is 1.40. The first kappa shape index (κ1) is 21.8. The lowest BCUT2D eigenvalue weighted by molar-refractivity contribution is -0.0243. The predicted octanol–water partition coefficient (Wildman–Crippen LogP) is 5.21. The van der Waals surface area contributed by atoms with Gasteiger partial charge in [-0.3, -0.25) is 4.90 Å². The van der Waals surface area contributed by atoms with Crippen LogP contribution in [0.2, 0.25) is 0 Å². The van der Waals surface area contributed by atoms with Crippen molar-refractivity contribution in [2.75, 3.05) is 33.9 Å². The first-order valence-corrected chi connectivity index (χ1v) is 12.6. The van der Waals surface area contributed by atoms with Crippen molar-refractivity contribution in [2.45, 2.75) is 50.6 Å². The van der Waals surface area contributed by atoms with E-state index < -0.39 is 6.09 Å². The number of benzene rings is 2. The molecule has 6 nitrogen and oxygen atoms in total. The Morgan fingerprint density at radius 3 is 2.47 bits per heavy atom. The minimum Gasteiger partial charge on any atom is -0.497 e. The van der Waals surface area contributed by atoms with Gasteiger partial charge in [0.1, 0.15) is 11.5 Å². The van der Waals surface area contributed by atoms with Crippen LogP contribution in [-0.4, -0.2) is 60.9 Å². The highest BCUT2D eigenvalue weighted by Crippen LogP contribution is 2.64. The molecule has 0 aromatic heterocycles. The van der Waals surface area contributed by atoms with Crippen molar-refractivity contribution in [3.63, 3.8) is 0 Å². The Morgan fingerprint density at radius 1 is 1.06 bits per heavy atom.